The van der Waals surface area contributed by atoms with Crippen molar-refractivity contribution in [1.82, 2.24) is 5.32 Å². The van der Waals surface area contributed by atoms with E-state index in [1.165, 1.54) is 19.3 Å². The van der Waals surface area contributed by atoms with E-state index in [2.05, 4.69) is 17.9 Å². The standard InChI is InChI=1S/C6H11NS/c8-5-3-1-2-4-6(5)7-4/h4-8H,1-3H2. The Morgan fingerprint density at radius 1 is 1.38 bits per heavy atom. The van der Waals surface area contributed by atoms with Crippen LogP contribution in [0.1, 0.15) is 19.3 Å². The molecule has 1 heterocycles. The fraction of sp³-hybridized carbons (Fsp3) is 1.00. The molecule has 2 fully saturated rings. The summed E-state index contributed by atoms with van der Waals surface area (Å²) in [4.78, 5) is 0. The van der Waals surface area contributed by atoms with Gasteiger partial charge in [-0.25, -0.2) is 0 Å². The number of rotatable bonds is 0. The fourth-order valence-electron chi connectivity index (χ4n) is 1.56. The molecule has 46 valence electrons. The lowest BCUT2D eigenvalue weighted by molar-refractivity contribution is 0.585. The number of nitrogens with one attached hydrogen (secondary N) is 1. The average Bonchev–Trinajstić information content (AvgIpc) is 2.45. The van der Waals surface area contributed by atoms with Crippen LogP contribution in [0, 0.1) is 0 Å². The lowest BCUT2D eigenvalue weighted by atomic mass is 10.0. The Labute approximate surface area is 55.3 Å². The van der Waals surface area contributed by atoms with Gasteiger partial charge in [0.1, 0.15) is 0 Å². The molecule has 0 radical (unpaired) electrons. The van der Waals surface area contributed by atoms with Gasteiger partial charge in [0.15, 0.2) is 0 Å². The number of hydrogen-bond donors (Lipinski definition) is 2. The molecular formula is C6H11NS. The van der Waals surface area contributed by atoms with Crippen LogP contribution in [0.15, 0.2) is 0 Å². The van der Waals surface area contributed by atoms with E-state index in [1.54, 1.807) is 0 Å². The molecule has 0 aromatic heterocycles. The zero-order chi connectivity index (χ0) is 5.56. The molecule has 3 unspecified atom stereocenters. The maximum atomic E-state index is 4.44. The van der Waals surface area contributed by atoms with E-state index in [0.29, 0.717) is 5.25 Å². The number of hydrogen-bond acceptors (Lipinski definition) is 2. The van der Waals surface area contributed by atoms with E-state index in [4.69, 9.17) is 0 Å². The minimum Gasteiger partial charge on any atom is -0.307 e. The highest BCUT2D eigenvalue weighted by molar-refractivity contribution is 7.81. The summed E-state index contributed by atoms with van der Waals surface area (Å²) < 4.78 is 0. The molecule has 2 aliphatic rings. The molecule has 0 aromatic carbocycles. The molecule has 1 saturated heterocycles. The van der Waals surface area contributed by atoms with E-state index in [-0.39, 0.29) is 0 Å². The second kappa shape index (κ2) is 1.64. The van der Waals surface area contributed by atoms with Gasteiger partial charge >= 0.3 is 0 Å². The zero-order valence-corrected chi connectivity index (χ0v) is 5.70. The van der Waals surface area contributed by atoms with E-state index >= 15 is 0 Å². The molecule has 0 aromatic rings. The van der Waals surface area contributed by atoms with Gasteiger partial charge in [-0.1, -0.05) is 6.42 Å². The Kier molecular flexibility index (Phi) is 1.05. The monoisotopic (exact) mass is 129 g/mol. The maximum Gasteiger partial charge on any atom is 0.0341 e. The molecule has 2 heteroatoms. The topological polar surface area (TPSA) is 21.9 Å². The van der Waals surface area contributed by atoms with Gasteiger partial charge in [0, 0.05) is 17.3 Å². The van der Waals surface area contributed by atoms with Gasteiger partial charge in [-0.3, -0.25) is 0 Å². The minimum absolute atomic E-state index is 0.661. The Morgan fingerprint density at radius 2 is 2.25 bits per heavy atom. The van der Waals surface area contributed by atoms with Crippen molar-refractivity contribution in [2.45, 2.75) is 36.6 Å². The Morgan fingerprint density at radius 3 is 2.88 bits per heavy atom. The third-order valence-corrected chi connectivity index (χ3v) is 2.74. The van der Waals surface area contributed by atoms with Gasteiger partial charge in [0.05, 0.1) is 0 Å². The van der Waals surface area contributed by atoms with Crippen molar-refractivity contribution in [2.24, 2.45) is 0 Å². The summed E-state index contributed by atoms with van der Waals surface area (Å²) in [5.74, 6) is 0. The molecule has 1 nitrogen and oxygen atoms in total. The van der Waals surface area contributed by atoms with E-state index in [0.717, 1.165) is 12.1 Å². The second-order valence-electron chi connectivity index (χ2n) is 2.80. The highest BCUT2D eigenvalue weighted by Gasteiger charge is 2.42. The van der Waals surface area contributed by atoms with Crippen molar-refractivity contribution in [2.75, 3.05) is 0 Å². The van der Waals surface area contributed by atoms with E-state index < -0.39 is 0 Å². The number of thiol groups is 1. The van der Waals surface area contributed by atoms with Crippen molar-refractivity contribution in [3.8, 4) is 0 Å². The summed E-state index contributed by atoms with van der Waals surface area (Å²) in [5.41, 5.74) is 0. The van der Waals surface area contributed by atoms with Crippen LogP contribution in [0.4, 0.5) is 0 Å². The van der Waals surface area contributed by atoms with E-state index in [1.807, 2.05) is 0 Å². The zero-order valence-electron chi connectivity index (χ0n) is 4.80. The van der Waals surface area contributed by atoms with Crippen LogP contribution in [0.25, 0.3) is 0 Å². The quantitative estimate of drug-likeness (QED) is 0.366. The largest absolute Gasteiger partial charge is 0.307 e. The SMILES string of the molecule is SC1CCCC2NC12. The summed E-state index contributed by atoms with van der Waals surface area (Å²) in [6.07, 6.45) is 4.08. The van der Waals surface area contributed by atoms with Gasteiger partial charge in [0.25, 0.3) is 0 Å². The molecule has 0 bridgehead atoms. The first-order valence-corrected chi connectivity index (χ1v) is 3.84. The predicted molar refractivity (Wildman–Crippen MR) is 37.3 cm³/mol. The fourth-order valence-corrected chi connectivity index (χ4v) is 2.04. The van der Waals surface area contributed by atoms with Crippen molar-refractivity contribution >= 4 is 12.6 Å². The molecular weight excluding hydrogens is 118 g/mol. The molecule has 3 atom stereocenters. The van der Waals surface area contributed by atoms with Crippen molar-refractivity contribution < 1.29 is 0 Å². The predicted octanol–water partition coefficient (Wildman–Crippen LogP) is 0.809. The first-order valence-electron chi connectivity index (χ1n) is 3.32. The summed E-state index contributed by atoms with van der Waals surface area (Å²) in [6.45, 7) is 0. The average molecular weight is 129 g/mol. The van der Waals surface area contributed by atoms with Crippen LogP contribution in [0.5, 0.6) is 0 Å². The van der Waals surface area contributed by atoms with Crippen molar-refractivity contribution in [3.05, 3.63) is 0 Å². The van der Waals surface area contributed by atoms with Crippen LogP contribution >= 0.6 is 12.6 Å². The minimum atomic E-state index is 0.661. The molecule has 2 rings (SSSR count). The van der Waals surface area contributed by atoms with Crippen LogP contribution in [0.2, 0.25) is 0 Å². The van der Waals surface area contributed by atoms with Crippen LogP contribution in [-0.2, 0) is 0 Å². The summed E-state index contributed by atoms with van der Waals surface area (Å²) in [7, 11) is 0. The highest BCUT2D eigenvalue weighted by Crippen LogP contribution is 2.31. The van der Waals surface area contributed by atoms with Gasteiger partial charge in [-0.2, -0.15) is 12.6 Å². The summed E-state index contributed by atoms with van der Waals surface area (Å²) in [5, 5.41) is 4.06. The maximum absolute atomic E-state index is 4.44. The van der Waals surface area contributed by atoms with E-state index in [9.17, 15) is 0 Å². The number of fused-ring (bicyclic) bond motifs is 1. The molecule has 1 N–H and O–H groups in total. The molecule has 0 spiro atoms. The van der Waals surface area contributed by atoms with Crippen LogP contribution in [0.3, 0.4) is 0 Å². The van der Waals surface area contributed by atoms with Gasteiger partial charge < -0.3 is 5.32 Å². The molecule has 1 saturated carbocycles. The lowest BCUT2D eigenvalue weighted by Gasteiger charge is -2.12. The molecule has 1 aliphatic carbocycles. The highest BCUT2D eigenvalue weighted by atomic mass is 32.1. The molecule has 0 amide bonds. The second-order valence-corrected chi connectivity index (χ2v) is 3.46. The Hall–Kier alpha value is 0.310. The summed E-state index contributed by atoms with van der Waals surface area (Å²) >= 11 is 4.44. The van der Waals surface area contributed by atoms with Gasteiger partial charge in [-0.05, 0) is 12.8 Å². The third-order valence-electron chi connectivity index (χ3n) is 2.16. The van der Waals surface area contributed by atoms with Crippen molar-refractivity contribution in [1.29, 1.82) is 0 Å². The Balaban J connectivity index is 1.99. The van der Waals surface area contributed by atoms with Crippen LogP contribution in [-0.4, -0.2) is 17.3 Å². The van der Waals surface area contributed by atoms with Gasteiger partial charge in [-0.15, -0.1) is 0 Å². The first-order chi connectivity index (χ1) is 3.88. The van der Waals surface area contributed by atoms with Crippen molar-refractivity contribution in [3.63, 3.8) is 0 Å². The Bertz CT molecular complexity index is 105. The first kappa shape index (κ1) is 5.12. The smallest absolute Gasteiger partial charge is 0.0341 e. The van der Waals surface area contributed by atoms with Crippen LogP contribution < -0.4 is 5.32 Å². The molecule has 1 aliphatic heterocycles. The summed E-state index contributed by atoms with van der Waals surface area (Å²) in [6, 6.07) is 1.64. The van der Waals surface area contributed by atoms with Gasteiger partial charge in [0.2, 0.25) is 0 Å². The third kappa shape index (κ3) is 0.669. The normalized spacial score (nSPS) is 52.9. The molecule has 8 heavy (non-hydrogen) atoms. The lowest BCUT2D eigenvalue weighted by Crippen LogP contribution is -2.15.